The minimum Gasteiger partial charge on any atom is -0.364 e. The van der Waals surface area contributed by atoms with Crippen LogP contribution >= 0.6 is 0 Å². The van der Waals surface area contributed by atoms with E-state index in [9.17, 15) is 14.9 Å². The fraction of sp³-hybridized carbons (Fsp3) is 0.500. The summed E-state index contributed by atoms with van der Waals surface area (Å²) in [5.41, 5.74) is -0.106. The number of rotatable bonds is 8. The predicted molar refractivity (Wildman–Crippen MR) is 116 cm³/mol. The van der Waals surface area contributed by atoms with Gasteiger partial charge in [-0.3, -0.25) is 14.9 Å². The minimum absolute atomic E-state index is 0.106. The first-order chi connectivity index (χ1) is 15.1. The molecule has 11 nitrogen and oxygen atoms in total. The largest absolute Gasteiger partial charge is 0.364 e. The first-order valence-electron chi connectivity index (χ1n) is 10.6. The third-order valence-electron chi connectivity index (χ3n) is 5.61. The maximum Gasteiger partial charge on any atom is 0.353 e. The summed E-state index contributed by atoms with van der Waals surface area (Å²) in [7, 11) is 0. The molecule has 0 spiro atoms. The number of hydrogen-bond acceptors (Lipinski definition) is 9. The molecule has 4 rings (SSSR count). The van der Waals surface area contributed by atoms with Gasteiger partial charge in [0.25, 0.3) is 0 Å². The van der Waals surface area contributed by atoms with Crippen LogP contribution in [0.1, 0.15) is 19.3 Å². The van der Waals surface area contributed by atoms with Gasteiger partial charge >= 0.3 is 5.69 Å². The van der Waals surface area contributed by atoms with Crippen LogP contribution < -0.4 is 15.1 Å². The Morgan fingerprint density at radius 1 is 1.06 bits per heavy atom. The zero-order chi connectivity index (χ0) is 21.6. The Hall–Kier alpha value is -3.50. The van der Waals surface area contributed by atoms with E-state index in [2.05, 4.69) is 25.2 Å². The molecule has 0 bridgehead atoms. The van der Waals surface area contributed by atoms with Crippen LogP contribution in [0.3, 0.4) is 0 Å². The molecule has 0 radical (unpaired) electrons. The van der Waals surface area contributed by atoms with Gasteiger partial charge in [-0.1, -0.05) is 6.07 Å². The van der Waals surface area contributed by atoms with Crippen molar-refractivity contribution in [2.45, 2.75) is 19.3 Å². The minimum atomic E-state index is -0.424. The highest BCUT2D eigenvalue weighted by Gasteiger charge is 2.29. The van der Waals surface area contributed by atoms with Crippen molar-refractivity contribution in [2.24, 2.45) is 0 Å². The fourth-order valence-corrected chi connectivity index (χ4v) is 4.00. The predicted octanol–water partition coefficient (Wildman–Crippen LogP) is 1.53. The molecule has 0 aromatic carbocycles. The summed E-state index contributed by atoms with van der Waals surface area (Å²) in [6, 6.07) is 5.78. The number of piperazine rings is 1. The topological polar surface area (TPSA) is 121 Å². The van der Waals surface area contributed by atoms with E-state index < -0.39 is 4.92 Å². The molecule has 0 saturated carbocycles. The molecule has 164 valence electrons. The summed E-state index contributed by atoms with van der Waals surface area (Å²) in [6.07, 6.45) is 5.34. The van der Waals surface area contributed by atoms with Crippen molar-refractivity contribution >= 4 is 29.0 Å². The van der Waals surface area contributed by atoms with Crippen molar-refractivity contribution in [3.05, 3.63) is 40.8 Å². The van der Waals surface area contributed by atoms with Crippen molar-refractivity contribution in [2.75, 3.05) is 60.9 Å². The molecule has 11 heteroatoms. The van der Waals surface area contributed by atoms with Gasteiger partial charge in [-0.2, -0.15) is 0 Å². The maximum atomic E-state index is 11.8. The molecule has 0 aliphatic carbocycles. The molecular formula is C20H26N8O3. The molecule has 1 amide bonds. The number of anilines is 3. The smallest absolute Gasteiger partial charge is 0.353 e. The van der Waals surface area contributed by atoms with E-state index in [1.807, 2.05) is 28.0 Å². The summed E-state index contributed by atoms with van der Waals surface area (Å²) in [6.45, 7) is 4.54. The van der Waals surface area contributed by atoms with Crippen LogP contribution in [-0.2, 0) is 4.79 Å². The molecular weight excluding hydrogens is 400 g/mol. The van der Waals surface area contributed by atoms with Crippen LogP contribution in [0.5, 0.6) is 0 Å². The lowest BCUT2D eigenvalue weighted by Gasteiger charge is -2.35. The number of nitrogens with one attached hydrogen (secondary N) is 1. The molecule has 2 aliphatic rings. The standard InChI is InChI=1S/C20H26N8O3/c29-17-6-3-9-26(17)10-4-8-22-19-18(28(30)31)20(24-15-23-19)27-13-11-25(12-14-27)16-5-1-2-7-21-16/h1-2,5,7,15H,3-4,6,8-14H2,(H,22,23,24). The molecule has 2 saturated heterocycles. The van der Waals surface area contributed by atoms with Gasteiger partial charge in [-0.25, -0.2) is 15.0 Å². The van der Waals surface area contributed by atoms with Gasteiger partial charge in [0.2, 0.25) is 17.5 Å². The van der Waals surface area contributed by atoms with Crippen LogP contribution in [0, 0.1) is 10.1 Å². The summed E-state index contributed by atoms with van der Waals surface area (Å²) >= 11 is 0. The third kappa shape index (κ3) is 4.81. The number of carbonyl (C=O) groups excluding carboxylic acids is 1. The highest BCUT2D eigenvalue weighted by molar-refractivity contribution is 5.78. The molecule has 2 fully saturated rings. The Balaban J connectivity index is 1.39. The second-order valence-corrected chi connectivity index (χ2v) is 7.58. The average molecular weight is 426 g/mol. The van der Waals surface area contributed by atoms with Gasteiger partial charge in [-0.15, -0.1) is 0 Å². The number of aromatic nitrogens is 3. The van der Waals surface area contributed by atoms with Crippen molar-refractivity contribution in [1.29, 1.82) is 0 Å². The molecule has 31 heavy (non-hydrogen) atoms. The second kappa shape index (κ2) is 9.54. The first kappa shape index (κ1) is 20.8. The summed E-state index contributed by atoms with van der Waals surface area (Å²) < 4.78 is 0. The fourth-order valence-electron chi connectivity index (χ4n) is 4.00. The third-order valence-corrected chi connectivity index (χ3v) is 5.61. The number of carbonyl (C=O) groups is 1. The number of nitro groups is 1. The average Bonchev–Trinajstić information content (AvgIpc) is 3.21. The van der Waals surface area contributed by atoms with Crippen LogP contribution in [-0.4, -0.2) is 76.5 Å². The van der Waals surface area contributed by atoms with Gasteiger partial charge in [0, 0.05) is 58.4 Å². The van der Waals surface area contributed by atoms with Crippen LogP contribution in [0.4, 0.5) is 23.1 Å². The zero-order valence-electron chi connectivity index (χ0n) is 17.3. The van der Waals surface area contributed by atoms with E-state index in [1.54, 1.807) is 6.20 Å². The van der Waals surface area contributed by atoms with E-state index >= 15 is 0 Å². The number of hydrogen-bond donors (Lipinski definition) is 1. The SMILES string of the molecule is O=C1CCCN1CCCNc1ncnc(N2CCN(c3ccccn3)CC2)c1[N+](=O)[O-]. The van der Waals surface area contributed by atoms with Crippen LogP contribution in [0.25, 0.3) is 0 Å². The van der Waals surface area contributed by atoms with Crippen molar-refractivity contribution in [3.63, 3.8) is 0 Å². The van der Waals surface area contributed by atoms with Crippen molar-refractivity contribution in [1.82, 2.24) is 19.9 Å². The summed E-state index contributed by atoms with van der Waals surface area (Å²) in [5, 5.41) is 14.9. The zero-order valence-corrected chi connectivity index (χ0v) is 17.3. The molecule has 0 atom stereocenters. The van der Waals surface area contributed by atoms with Gasteiger partial charge < -0.3 is 20.0 Å². The lowest BCUT2D eigenvalue weighted by atomic mass is 10.2. The number of amides is 1. The Bertz CT molecular complexity index is 918. The Morgan fingerprint density at radius 3 is 2.55 bits per heavy atom. The Kier molecular flexibility index (Phi) is 6.39. The van der Waals surface area contributed by atoms with Crippen LogP contribution in [0.2, 0.25) is 0 Å². The van der Waals surface area contributed by atoms with E-state index in [4.69, 9.17) is 0 Å². The Labute approximate surface area is 180 Å². The van der Waals surface area contributed by atoms with Gasteiger partial charge in [-0.05, 0) is 25.0 Å². The quantitative estimate of drug-likeness (QED) is 0.380. The molecule has 1 N–H and O–H groups in total. The van der Waals surface area contributed by atoms with E-state index in [0.717, 1.165) is 18.8 Å². The van der Waals surface area contributed by atoms with Gasteiger partial charge in [0.05, 0.1) is 4.92 Å². The van der Waals surface area contributed by atoms with Crippen LogP contribution in [0.15, 0.2) is 30.7 Å². The van der Waals surface area contributed by atoms with Gasteiger partial charge in [0.1, 0.15) is 12.1 Å². The molecule has 2 aromatic heterocycles. The van der Waals surface area contributed by atoms with E-state index in [1.165, 1.54) is 6.33 Å². The van der Waals surface area contributed by atoms with E-state index in [0.29, 0.717) is 57.9 Å². The number of nitrogens with zero attached hydrogens (tertiary/aromatic N) is 7. The number of pyridine rings is 1. The molecule has 2 aromatic rings. The molecule has 0 unspecified atom stereocenters. The normalized spacial score (nSPS) is 16.6. The summed E-state index contributed by atoms with van der Waals surface area (Å²) in [4.78, 5) is 41.7. The van der Waals surface area contributed by atoms with Gasteiger partial charge in [0.15, 0.2) is 0 Å². The number of likely N-dealkylation sites (tertiary alicyclic amines) is 1. The second-order valence-electron chi connectivity index (χ2n) is 7.58. The monoisotopic (exact) mass is 426 g/mol. The van der Waals surface area contributed by atoms with E-state index in [-0.39, 0.29) is 17.4 Å². The van der Waals surface area contributed by atoms with Crippen molar-refractivity contribution in [3.8, 4) is 0 Å². The van der Waals surface area contributed by atoms with Crippen molar-refractivity contribution < 1.29 is 9.72 Å². The molecule has 2 aliphatic heterocycles. The molecule has 4 heterocycles. The highest BCUT2D eigenvalue weighted by atomic mass is 16.6. The summed E-state index contributed by atoms with van der Waals surface area (Å²) in [5.74, 6) is 1.63. The Morgan fingerprint density at radius 2 is 1.87 bits per heavy atom. The lowest BCUT2D eigenvalue weighted by Crippen LogP contribution is -2.47. The lowest BCUT2D eigenvalue weighted by molar-refractivity contribution is -0.383. The highest BCUT2D eigenvalue weighted by Crippen LogP contribution is 2.32. The first-order valence-corrected chi connectivity index (χ1v) is 10.6. The maximum absolute atomic E-state index is 11.8.